The van der Waals surface area contributed by atoms with Crippen molar-refractivity contribution in [2.45, 2.75) is 58.5 Å². The van der Waals surface area contributed by atoms with Crippen LogP contribution in [0.3, 0.4) is 0 Å². The smallest absolute Gasteiger partial charge is 0.0720 e. The van der Waals surface area contributed by atoms with Crippen molar-refractivity contribution in [2.75, 3.05) is 0 Å². The van der Waals surface area contributed by atoms with Crippen LogP contribution in [0.5, 0.6) is 0 Å². The first kappa shape index (κ1) is 11.7. The van der Waals surface area contributed by atoms with E-state index in [1.165, 1.54) is 19.3 Å². The highest BCUT2D eigenvalue weighted by atomic mass is 16.3. The summed E-state index contributed by atoms with van der Waals surface area (Å²) in [4.78, 5) is 0. The van der Waals surface area contributed by atoms with E-state index in [1.807, 2.05) is 12.2 Å². The first-order valence-corrected chi connectivity index (χ1v) is 5.16. The number of hydrogen-bond donors (Lipinski definition) is 1. The van der Waals surface area contributed by atoms with Crippen molar-refractivity contribution in [1.82, 2.24) is 0 Å². The SMILES string of the molecule is CC/C=C/[C@@H](O)CCCCCC. The third kappa shape index (κ3) is 7.80. The maximum absolute atomic E-state index is 9.39. The van der Waals surface area contributed by atoms with E-state index in [4.69, 9.17) is 0 Å². The van der Waals surface area contributed by atoms with Crippen molar-refractivity contribution >= 4 is 0 Å². The highest BCUT2D eigenvalue weighted by Gasteiger charge is 1.96. The summed E-state index contributed by atoms with van der Waals surface area (Å²) in [5.74, 6) is 0. The summed E-state index contributed by atoms with van der Waals surface area (Å²) in [7, 11) is 0. The lowest BCUT2D eigenvalue weighted by atomic mass is 10.1. The molecule has 0 aromatic rings. The second kappa shape index (κ2) is 8.79. The van der Waals surface area contributed by atoms with Crippen LogP contribution >= 0.6 is 0 Å². The molecule has 0 rings (SSSR count). The second-order valence-corrected chi connectivity index (χ2v) is 3.25. The first-order chi connectivity index (χ1) is 5.81. The van der Waals surface area contributed by atoms with Crippen LogP contribution in [0.25, 0.3) is 0 Å². The van der Waals surface area contributed by atoms with Crippen LogP contribution < -0.4 is 0 Å². The van der Waals surface area contributed by atoms with Gasteiger partial charge in [0.25, 0.3) is 0 Å². The third-order valence-corrected chi connectivity index (χ3v) is 1.95. The van der Waals surface area contributed by atoms with Crippen LogP contribution in [0.4, 0.5) is 0 Å². The summed E-state index contributed by atoms with van der Waals surface area (Å²) in [6, 6.07) is 0. The molecule has 1 nitrogen and oxygen atoms in total. The molecule has 12 heavy (non-hydrogen) atoms. The Morgan fingerprint density at radius 3 is 2.50 bits per heavy atom. The average molecular weight is 170 g/mol. The molecule has 0 saturated carbocycles. The Kier molecular flexibility index (Phi) is 8.57. The molecular formula is C11H22O. The van der Waals surface area contributed by atoms with Gasteiger partial charge in [0.1, 0.15) is 0 Å². The van der Waals surface area contributed by atoms with Gasteiger partial charge in [-0.3, -0.25) is 0 Å². The summed E-state index contributed by atoms with van der Waals surface area (Å²) in [6.45, 7) is 4.29. The van der Waals surface area contributed by atoms with Crippen LogP contribution in [0.2, 0.25) is 0 Å². The fourth-order valence-corrected chi connectivity index (χ4v) is 1.17. The molecule has 0 heterocycles. The number of hydrogen-bond acceptors (Lipinski definition) is 1. The number of aliphatic hydroxyl groups is 1. The Bertz CT molecular complexity index is 108. The molecule has 1 heteroatoms. The average Bonchev–Trinajstić information content (AvgIpc) is 2.09. The van der Waals surface area contributed by atoms with E-state index in [1.54, 1.807) is 0 Å². The van der Waals surface area contributed by atoms with Crippen molar-refractivity contribution in [3.63, 3.8) is 0 Å². The van der Waals surface area contributed by atoms with E-state index in [0.29, 0.717) is 0 Å². The molecule has 0 saturated heterocycles. The van der Waals surface area contributed by atoms with E-state index in [2.05, 4.69) is 13.8 Å². The summed E-state index contributed by atoms with van der Waals surface area (Å²) < 4.78 is 0. The van der Waals surface area contributed by atoms with Crippen molar-refractivity contribution < 1.29 is 5.11 Å². The minimum absolute atomic E-state index is 0.207. The van der Waals surface area contributed by atoms with Gasteiger partial charge in [0, 0.05) is 0 Å². The molecule has 0 unspecified atom stereocenters. The molecule has 1 N–H and O–H groups in total. The third-order valence-electron chi connectivity index (χ3n) is 1.95. The van der Waals surface area contributed by atoms with E-state index in [9.17, 15) is 5.11 Å². The zero-order valence-corrected chi connectivity index (χ0v) is 8.42. The summed E-state index contributed by atoms with van der Waals surface area (Å²) in [5, 5.41) is 9.39. The lowest BCUT2D eigenvalue weighted by Gasteiger charge is -2.03. The number of aliphatic hydroxyl groups excluding tert-OH is 1. The zero-order valence-electron chi connectivity index (χ0n) is 8.42. The number of unbranched alkanes of at least 4 members (excludes halogenated alkanes) is 3. The fraction of sp³-hybridized carbons (Fsp3) is 0.818. The molecule has 0 aromatic heterocycles. The highest BCUT2D eigenvalue weighted by Crippen LogP contribution is 2.06. The second-order valence-electron chi connectivity index (χ2n) is 3.25. The van der Waals surface area contributed by atoms with Crippen LogP contribution in [0.15, 0.2) is 12.2 Å². The molecule has 0 bridgehead atoms. The molecule has 1 atom stereocenters. The van der Waals surface area contributed by atoms with Gasteiger partial charge in [-0.05, 0) is 12.8 Å². The molecule has 0 amide bonds. The van der Waals surface area contributed by atoms with Crippen molar-refractivity contribution in [3.8, 4) is 0 Å². The predicted molar refractivity (Wildman–Crippen MR) is 54.2 cm³/mol. The van der Waals surface area contributed by atoms with Gasteiger partial charge in [-0.1, -0.05) is 51.7 Å². The molecule has 72 valence electrons. The van der Waals surface area contributed by atoms with Crippen LogP contribution in [0, 0.1) is 0 Å². The fourth-order valence-electron chi connectivity index (χ4n) is 1.17. The summed E-state index contributed by atoms with van der Waals surface area (Å²) >= 11 is 0. The van der Waals surface area contributed by atoms with Gasteiger partial charge >= 0.3 is 0 Å². The molecule has 0 aliphatic heterocycles. The standard InChI is InChI=1S/C11H22O/c1-3-5-7-8-10-11(12)9-6-4-2/h6,9,11-12H,3-5,7-8,10H2,1-2H3/b9-6+/t11-/m1/s1. The minimum atomic E-state index is -0.207. The van der Waals surface area contributed by atoms with Gasteiger partial charge in [-0.15, -0.1) is 0 Å². The van der Waals surface area contributed by atoms with E-state index < -0.39 is 0 Å². The van der Waals surface area contributed by atoms with E-state index >= 15 is 0 Å². The Balaban J connectivity index is 3.19. The molecule has 0 aliphatic carbocycles. The van der Waals surface area contributed by atoms with E-state index in [0.717, 1.165) is 19.3 Å². The molecule has 0 fully saturated rings. The molecule has 0 radical (unpaired) electrons. The molecule has 0 spiro atoms. The van der Waals surface area contributed by atoms with Gasteiger partial charge in [0.2, 0.25) is 0 Å². The topological polar surface area (TPSA) is 20.2 Å². The largest absolute Gasteiger partial charge is 0.389 e. The Labute approximate surface area is 76.5 Å². The summed E-state index contributed by atoms with van der Waals surface area (Å²) in [6.07, 6.45) is 10.7. The molecule has 0 aliphatic rings. The van der Waals surface area contributed by atoms with Gasteiger partial charge < -0.3 is 5.11 Å². The van der Waals surface area contributed by atoms with Crippen molar-refractivity contribution in [3.05, 3.63) is 12.2 Å². The van der Waals surface area contributed by atoms with Gasteiger partial charge in [0.15, 0.2) is 0 Å². The number of rotatable bonds is 7. The van der Waals surface area contributed by atoms with Crippen molar-refractivity contribution in [2.24, 2.45) is 0 Å². The van der Waals surface area contributed by atoms with E-state index in [-0.39, 0.29) is 6.10 Å². The highest BCUT2D eigenvalue weighted by molar-refractivity contribution is 4.87. The number of allylic oxidation sites excluding steroid dienone is 1. The monoisotopic (exact) mass is 170 g/mol. The first-order valence-electron chi connectivity index (χ1n) is 5.16. The summed E-state index contributed by atoms with van der Waals surface area (Å²) in [5.41, 5.74) is 0. The maximum atomic E-state index is 9.39. The van der Waals surface area contributed by atoms with Crippen LogP contribution in [0.1, 0.15) is 52.4 Å². The van der Waals surface area contributed by atoms with Crippen LogP contribution in [-0.2, 0) is 0 Å². The van der Waals surface area contributed by atoms with Gasteiger partial charge in [-0.25, -0.2) is 0 Å². The Morgan fingerprint density at radius 2 is 1.92 bits per heavy atom. The quantitative estimate of drug-likeness (QED) is 0.459. The normalized spacial score (nSPS) is 13.9. The maximum Gasteiger partial charge on any atom is 0.0720 e. The van der Waals surface area contributed by atoms with Crippen LogP contribution in [-0.4, -0.2) is 11.2 Å². The van der Waals surface area contributed by atoms with Gasteiger partial charge in [-0.2, -0.15) is 0 Å². The lowest BCUT2D eigenvalue weighted by molar-refractivity contribution is 0.208. The Hall–Kier alpha value is -0.300. The van der Waals surface area contributed by atoms with Gasteiger partial charge in [0.05, 0.1) is 6.10 Å². The minimum Gasteiger partial charge on any atom is -0.389 e. The molecule has 0 aromatic carbocycles. The Morgan fingerprint density at radius 1 is 1.17 bits per heavy atom. The van der Waals surface area contributed by atoms with Crippen molar-refractivity contribution in [1.29, 1.82) is 0 Å². The predicted octanol–water partition coefficient (Wildman–Crippen LogP) is 3.28. The zero-order chi connectivity index (χ0) is 9.23. The lowest BCUT2D eigenvalue weighted by Crippen LogP contribution is -2.01. The molecular weight excluding hydrogens is 148 g/mol.